The monoisotopic (exact) mass is 336 g/mol. The molecule has 0 saturated heterocycles. The van der Waals surface area contributed by atoms with Gasteiger partial charge in [0.05, 0.1) is 6.61 Å². The molecule has 0 fully saturated rings. The quantitative estimate of drug-likeness (QED) is 0.600. The van der Waals surface area contributed by atoms with Gasteiger partial charge in [-0.2, -0.15) is 5.26 Å². The van der Waals surface area contributed by atoms with Gasteiger partial charge in [0.2, 0.25) is 0 Å². The molecule has 0 unspecified atom stereocenters. The summed E-state index contributed by atoms with van der Waals surface area (Å²) < 4.78 is 5.84. The fourth-order valence-electron chi connectivity index (χ4n) is 2.46. The van der Waals surface area contributed by atoms with Gasteiger partial charge in [-0.05, 0) is 42.7 Å². The first-order valence-electron chi connectivity index (χ1n) is 8.67. The van der Waals surface area contributed by atoms with E-state index in [0.29, 0.717) is 12.4 Å². The number of nitrogens with zero attached hydrogens (tertiary/aromatic N) is 1. The van der Waals surface area contributed by atoms with E-state index in [4.69, 9.17) is 4.74 Å². The van der Waals surface area contributed by atoms with Gasteiger partial charge < -0.3 is 10.1 Å². The molecule has 4 nitrogen and oxygen atoms in total. The Morgan fingerprint density at radius 3 is 2.72 bits per heavy atom. The second-order valence-corrected chi connectivity index (χ2v) is 6.00. The first-order chi connectivity index (χ1) is 12.1. The number of amides is 1. The van der Waals surface area contributed by atoms with Gasteiger partial charge in [0, 0.05) is 11.6 Å². The van der Waals surface area contributed by atoms with Crippen molar-refractivity contribution >= 4 is 22.8 Å². The van der Waals surface area contributed by atoms with E-state index in [2.05, 4.69) is 5.32 Å². The number of nitriles is 1. The molecule has 0 bridgehead atoms. The van der Waals surface area contributed by atoms with Gasteiger partial charge in [-0.25, -0.2) is 0 Å². The van der Waals surface area contributed by atoms with Crippen LogP contribution in [0.2, 0.25) is 0 Å². The van der Waals surface area contributed by atoms with Crippen molar-refractivity contribution < 1.29 is 9.53 Å². The van der Waals surface area contributed by atoms with Crippen LogP contribution in [-0.2, 0) is 4.79 Å². The Morgan fingerprint density at radius 2 is 2.04 bits per heavy atom. The average Bonchev–Trinajstić information content (AvgIpc) is 2.64. The van der Waals surface area contributed by atoms with E-state index in [1.165, 1.54) is 0 Å². The molecular weight excluding hydrogens is 312 g/mol. The Kier molecular flexibility index (Phi) is 6.59. The number of nitrogens with one attached hydrogen (secondary N) is 1. The summed E-state index contributed by atoms with van der Waals surface area (Å²) in [6, 6.07) is 13.8. The molecule has 1 amide bonds. The summed E-state index contributed by atoms with van der Waals surface area (Å²) in [6.45, 7) is 6.53. The van der Waals surface area contributed by atoms with Crippen LogP contribution in [0.5, 0.6) is 5.75 Å². The van der Waals surface area contributed by atoms with Gasteiger partial charge in [-0.3, -0.25) is 4.79 Å². The normalized spacial score (nSPS) is 12.5. The average molecular weight is 336 g/mol. The third-order valence-corrected chi connectivity index (χ3v) is 4.04. The lowest BCUT2D eigenvalue weighted by atomic mass is 10.0. The summed E-state index contributed by atoms with van der Waals surface area (Å²) in [5, 5.41) is 14.3. The summed E-state index contributed by atoms with van der Waals surface area (Å²) in [5.41, 5.74) is 0.848. The lowest BCUT2D eigenvalue weighted by Crippen LogP contribution is -2.32. The van der Waals surface area contributed by atoms with E-state index >= 15 is 0 Å². The molecule has 0 heterocycles. The van der Waals surface area contributed by atoms with E-state index in [1.807, 2.05) is 63.2 Å². The Bertz CT molecular complexity index is 818. The lowest BCUT2D eigenvalue weighted by Gasteiger charge is -2.13. The highest BCUT2D eigenvalue weighted by molar-refractivity contribution is 6.05. The number of carbonyl (C=O) groups is 1. The number of ether oxygens (including phenoxy) is 1. The van der Waals surface area contributed by atoms with Crippen LogP contribution in [0.4, 0.5) is 0 Å². The SMILES string of the molecule is CCCOc1ccc2ccccc2c1/C=C(\C#N)C(=O)N[C@H](C)CC. The van der Waals surface area contributed by atoms with Crippen molar-refractivity contribution in [2.45, 2.75) is 39.7 Å². The van der Waals surface area contributed by atoms with E-state index in [1.54, 1.807) is 6.08 Å². The van der Waals surface area contributed by atoms with Crippen molar-refractivity contribution in [1.29, 1.82) is 5.26 Å². The Morgan fingerprint density at radius 1 is 1.28 bits per heavy atom. The van der Waals surface area contributed by atoms with Gasteiger partial charge in [-0.1, -0.05) is 44.2 Å². The number of hydrogen-bond acceptors (Lipinski definition) is 3. The molecule has 4 heteroatoms. The predicted octanol–water partition coefficient (Wildman–Crippen LogP) is 4.45. The van der Waals surface area contributed by atoms with E-state index < -0.39 is 0 Å². The Hall–Kier alpha value is -2.80. The molecule has 0 spiro atoms. The van der Waals surface area contributed by atoms with Gasteiger partial charge in [0.15, 0.2) is 0 Å². The molecule has 1 atom stereocenters. The maximum absolute atomic E-state index is 12.4. The lowest BCUT2D eigenvalue weighted by molar-refractivity contribution is -0.117. The largest absolute Gasteiger partial charge is 0.493 e. The molecule has 2 aromatic carbocycles. The molecule has 1 N–H and O–H groups in total. The van der Waals surface area contributed by atoms with Crippen molar-refractivity contribution in [2.24, 2.45) is 0 Å². The Labute approximate surface area is 149 Å². The highest BCUT2D eigenvalue weighted by atomic mass is 16.5. The molecule has 130 valence electrons. The zero-order valence-electron chi connectivity index (χ0n) is 15.0. The molecular formula is C21H24N2O2. The third-order valence-electron chi connectivity index (χ3n) is 4.04. The summed E-state index contributed by atoms with van der Waals surface area (Å²) in [6.07, 6.45) is 3.32. The van der Waals surface area contributed by atoms with Crippen molar-refractivity contribution in [3.8, 4) is 11.8 Å². The van der Waals surface area contributed by atoms with Crippen LogP contribution in [0, 0.1) is 11.3 Å². The standard InChI is InChI=1S/C21H24N2O2/c1-4-12-25-20-11-10-16-8-6-7-9-18(16)19(20)13-17(14-22)21(24)23-15(3)5-2/h6-11,13,15H,4-5,12H2,1-3H3,(H,23,24)/b17-13+/t15-/m1/s1. The van der Waals surface area contributed by atoms with E-state index in [0.717, 1.165) is 29.2 Å². The highest BCUT2D eigenvalue weighted by Gasteiger charge is 2.14. The summed E-state index contributed by atoms with van der Waals surface area (Å²) in [4.78, 5) is 12.4. The minimum atomic E-state index is -0.355. The smallest absolute Gasteiger partial charge is 0.262 e. The van der Waals surface area contributed by atoms with E-state index in [9.17, 15) is 10.1 Å². The van der Waals surface area contributed by atoms with Crippen molar-refractivity contribution in [1.82, 2.24) is 5.32 Å². The van der Waals surface area contributed by atoms with Gasteiger partial charge in [0.25, 0.3) is 5.91 Å². The maximum atomic E-state index is 12.4. The minimum Gasteiger partial charge on any atom is -0.493 e. The summed E-state index contributed by atoms with van der Waals surface area (Å²) in [7, 11) is 0. The number of fused-ring (bicyclic) bond motifs is 1. The molecule has 0 saturated carbocycles. The van der Waals surface area contributed by atoms with Crippen molar-refractivity contribution in [2.75, 3.05) is 6.61 Å². The van der Waals surface area contributed by atoms with Crippen LogP contribution in [0.25, 0.3) is 16.8 Å². The molecule has 2 aromatic rings. The second kappa shape index (κ2) is 8.89. The molecule has 25 heavy (non-hydrogen) atoms. The summed E-state index contributed by atoms with van der Waals surface area (Å²) >= 11 is 0. The third kappa shape index (κ3) is 4.60. The zero-order valence-corrected chi connectivity index (χ0v) is 15.0. The Balaban J connectivity index is 2.52. The second-order valence-electron chi connectivity index (χ2n) is 6.00. The van der Waals surface area contributed by atoms with Crippen molar-refractivity contribution in [3.63, 3.8) is 0 Å². The topological polar surface area (TPSA) is 62.1 Å². The van der Waals surface area contributed by atoms with E-state index in [-0.39, 0.29) is 17.5 Å². The van der Waals surface area contributed by atoms with Crippen molar-refractivity contribution in [3.05, 3.63) is 47.5 Å². The van der Waals surface area contributed by atoms with Gasteiger partial charge in [-0.15, -0.1) is 0 Å². The summed E-state index contributed by atoms with van der Waals surface area (Å²) in [5.74, 6) is 0.330. The maximum Gasteiger partial charge on any atom is 0.262 e. The predicted molar refractivity (Wildman–Crippen MR) is 101 cm³/mol. The van der Waals surface area contributed by atoms with Crippen LogP contribution in [-0.4, -0.2) is 18.6 Å². The van der Waals surface area contributed by atoms with Gasteiger partial charge >= 0.3 is 0 Å². The highest BCUT2D eigenvalue weighted by Crippen LogP contribution is 2.30. The number of hydrogen-bond donors (Lipinski definition) is 1. The molecule has 0 radical (unpaired) electrons. The molecule has 2 rings (SSSR count). The van der Waals surface area contributed by atoms with Crippen LogP contribution >= 0.6 is 0 Å². The van der Waals surface area contributed by atoms with Gasteiger partial charge in [0.1, 0.15) is 17.4 Å². The fourth-order valence-corrected chi connectivity index (χ4v) is 2.46. The van der Waals surface area contributed by atoms with Crippen LogP contribution in [0.1, 0.15) is 39.2 Å². The minimum absolute atomic E-state index is 0.0209. The fraction of sp³-hybridized carbons (Fsp3) is 0.333. The number of rotatable bonds is 7. The zero-order chi connectivity index (χ0) is 18.2. The number of benzene rings is 2. The first kappa shape index (κ1) is 18.5. The molecule has 0 aromatic heterocycles. The van der Waals surface area contributed by atoms with Crippen LogP contribution in [0.15, 0.2) is 42.0 Å². The number of carbonyl (C=O) groups excluding carboxylic acids is 1. The van der Waals surface area contributed by atoms with Crippen LogP contribution in [0.3, 0.4) is 0 Å². The molecule has 0 aliphatic rings. The first-order valence-corrected chi connectivity index (χ1v) is 8.67. The van der Waals surface area contributed by atoms with Crippen LogP contribution < -0.4 is 10.1 Å². The molecule has 0 aliphatic heterocycles. The molecule has 0 aliphatic carbocycles.